The number of hydrogen-bond donors (Lipinski definition) is 0. The monoisotopic (exact) mass is 1540 g/mol. The van der Waals surface area contributed by atoms with Crippen molar-refractivity contribution in [3.05, 3.63) is 324 Å². The molecule has 0 aliphatic carbocycles. The van der Waals surface area contributed by atoms with Crippen LogP contribution in [0.15, 0.2) is 274 Å². The number of aromatic nitrogens is 6. The molecule has 0 spiro atoms. The number of para-hydroxylation sites is 8. The van der Waals surface area contributed by atoms with E-state index in [1.807, 2.05) is 30.3 Å². The van der Waals surface area contributed by atoms with Crippen molar-refractivity contribution in [3.63, 3.8) is 0 Å². The highest BCUT2D eigenvalue weighted by atomic mass is 16.5. The number of benzene rings is 10. The minimum Gasteiger partial charge on any atom is -0.536 e. The van der Waals surface area contributed by atoms with Crippen LogP contribution in [0.1, 0.15) is 109 Å². The predicted molar refractivity (Wildman–Crippen MR) is 470 cm³/mol. The summed E-state index contributed by atoms with van der Waals surface area (Å²) in [5.41, 5.74) is 41.9. The summed E-state index contributed by atoms with van der Waals surface area (Å²) in [5, 5.41) is 0. The molecule has 0 fully saturated rings. The Bertz CT molecular complexity index is 7050. The molecule has 0 bridgehead atoms. The Morgan fingerprint density at radius 2 is 0.714 bits per heavy atom. The van der Waals surface area contributed by atoms with Crippen LogP contribution < -0.4 is 91.9 Å². The van der Waals surface area contributed by atoms with Gasteiger partial charge < -0.3 is 42.5 Å². The van der Waals surface area contributed by atoms with E-state index in [9.17, 15) is 0 Å². The van der Waals surface area contributed by atoms with Crippen molar-refractivity contribution in [3.8, 4) is 85.2 Å². The third-order valence-electron chi connectivity index (χ3n) is 26.9. The van der Waals surface area contributed by atoms with Gasteiger partial charge in [-0.25, -0.2) is 9.05 Å². The largest absolute Gasteiger partial charge is 0.754 e. The van der Waals surface area contributed by atoms with E-state index in [4.69, 9.17) is 23.3 Å². The van der Waals surface area contributed by atoms with Crippen LogP contribution in [-0.2, 0) is 32.7 Å². The lowest BCUT2D eigenvalue weighted by molar-refractivity contribution is -0.672. The molecule has 16 nitrogen and oxygen atoms in total. The quantitative estimate of drug-likeness (QED) is 0.126. The van der Waals surface area contributed by atoms with Gasteiger partial charge in [0.05, 0.1) is 83.8 Å². The third kappa shape index (κ3) is 9.43. The average molecular weight is 1540 g/mol. The summed E-state index contributed by atoms with van der Waals surface area (Å²) in [6.07, 6.45) is 13.2. The first kappa shape index (κ1) is 67.5. The molecule has 15 aliphatic heterocycles. The van der Waals surface area contributed by atoms with Gasteiger partial charge in [-0.15, -0.1) is 0 Å². The average Bonchev–Trinajstić information content (AvgIpc) is 1.57. The van der Waals surface area contributed by atoms with Crippen molar-refractivity contribution in [1.82, 2.24) is 4.57 Å². The molecule has 566 valence electrons. The standard InChI is InChI=1S/3C21H18BN2O.C19H14BN2O.C16H11BN3O/c1-13(2)14-8-9-19-18(11-14)24-17-7-3-5-15-12-23-10-4-6-16(22(24)25-19)21(23)20(15)17;1-13(2)15-10-16-21-20-14(11-23(21)12-15)6-5-8-18(20)24-17-7-3-4-9-19(17)25-22(16)24;1-13(2)14-10-15-12-23-9-5-6-16-21(23)20(15)18(11-14)24-17-7-3-4-8-19(17)25-22(16)24;1-12-9-14-19-18-13(11-21(19)10-12)5-4-7-16(18)22-15-6-2-3-8-17(15)23-20(14)22;1-2-7-14-12(5-1)20-13-6-3-4-11-10-18-8-9-19(17(20)21-14)16(18)15(11)13/h3-11,13H,12H2,1-2H3;3-10,12-13H,11H2,1-2H3;3-11,13H,12H2,1-2H3;2-10H,11H2,1H3;1-9H,10H2/q5*+1. The smallest absolute Gasteiger partial charge is 0.536 e. The van der Waals surface area contributed by atoms with E-state index < -0.39 is 0 Å². The maximum absolute atomic E-state index is 6.42. The fraction of sp³-hybridized carbons (Fsp3) is 0.153. The number of fused-ring (bicyclic) bond motifs is 25. The van der Waals surface area contributed by atoms with E-state index in [2.05, 4.69) is 343 Å². The van der Waals surface area contributed by atoms with E-state index in [0.29, 0.717) is 17.8 Å². The van der Waals surface area contributed by atoms with Gasteiger partial charge >= 0.3 is 35.4 Å². The van der Waals surface area contributed by atoms with Crippen LogP contribution in [0.4, 0.5) is 56.9 Å². The van der Waals surface area contributed by atoms with Crippen LogP contribution in [0.3, 0.4) is 0 Å². The first-order valence-electron chi connectivity index (χ1n) is 42.1. The summed E-state index contributed by atoms with van der Waals surface area (Å²) in [6.45, 7) is 20.5. The first-order valence-corrected chi connectivity index (χ1v) is 42.1. The Labute approximate surface area is 692 Å². The molecule has 0 atom stereocenters. The van der Waals surface area contributed by atoms with Gasteiger partial charge in [-0.3, -0.25) is 4.81 Å². The highest BCUT2D eigenvalue weighted by molar-refractivity contribution is 6.79. The summed E-state index contributed by atoms with van der Waals surface area (Å²) >= 11 is 0. The topological polar surface area (TPSA) is 86.7 Å². The van der Waals surface area contributed by atoms with E-state index in [0.717, 1.165) is 72.8 Å². The Morgan fingerprint density at radius 1 is 0.303 bits per heavy atom. The second-order valence-electron chi connectivity index (χ2n) is 34.7. The Balaban J connectivity index is 0.0000000808. The van der Waals surface area contributed by atoms with Gasteiger partial charge in [0, 0.05) is 73.8 Å². The first-order chi connectivity index (χ1) is 58.4. The number of pyridine rings is 4. The van der Waals surface area contributed by atoms with Crippen molar-refractivity contribution >= 4 is 114 Å². The highest BCUT2D eigenvalue weighted by Crippen LogP contribution is 2.56. The second-order valence-corrected chi connectivity index (χ2v) is 34.7. The lowest BCUT2D eigenvalue weighted by Crippen LogP contribution is -2.64. The van der Waals surface area contributed by atoms with Crippen LogP contribution in [0.5, 0.6) is 28.7 Å². The molecule has 0 radical (unpaired) electrons. The molecule has 15 aromatic rings. The van der Waals surface area contributed by atoms with Gasteiger partial charge in [-0.2, -0.15) is 18.3 Å². The normalized spacial score (nSPS) is 15.2. The zero-order chi connectivity index (χ0) is 78.8. The summed E-state index contributed by atoms with van der Waals surface area (Å²) in [4.78, 5) is 11.8. The molecule has 0 amide bonds. The lowest BCUT2D eigenvalue weighted by atomic mass is 9.65. The molecule has 0 saturated carbocycles. The van der Waals surface area contributed by atoms with Crippen molar-refractivity contribution in [2.24, 2.45) is 0 Å². The van der Waals surface area contributed by atoms with E-state index in [1.54, 1.807) is 0 Å². The van der Waals surface area contributed by atoms with Crippen molar-refractivity contribution in [2.75, 3.05) is 24.1 Å². The third-order valence-corrected chi connectivity index (χ3v) is 26.9. The number of anilines is 10. The Hall–Kier alpha value is -13.7. The molecule has 0 N–H and O–H groups in total. The van der Waals surface area contributed by atoms with Gasteiger partial charge in [0.2, 0.25) is 22.8 Å². The molecule has 20 heterocycles. The van der Waals surface area contributed by atoms with Crippen LogP contribution in [-0.4, -0.2) is 40.0 Å². The molecule has 119 heavy (non-hydrogen) atoms. The van der Waals surface area contributed by atoms with Crippen LogP contribution in [0.25, 0.3) is 56.4 Å². The lowest BCUT2D eigenvalue weighted by Gasteiger charge is -2.29. The SMILES string of the molecule is CC(C)c1cc2c3[n+](c1)Cc1cccc(c1-3)N1B2Oc2ccccc21.CC(C)c1cc2c3c(c1)N1B(Oc4ccccc41)c1ccc[n+](c1-3)C2.CC(C)c1ccc2c(c1)N1B(O2)c2ccc[n+]3c2-c2c(cccc21)C3.Cc1cc2c3[n+](c1)Cc1cccc(c1-3)N1B2Oc2ccccc21.c1ccc2c(c1)OB1N2c2cccc3c2-c2n(cc[n+]21)C3. The minimum absolute atomic E-state index is 0.0607. The van der Waals surface area contributed by atoms with Crippen LogP contribution >= 0.6 is 0 Å². The number of nitrogens with zero attached hydrogens (tertiary/aromatic N) is 11. The zero-order valence-corrected chi connectivity index (χ0v) is 67.1. The molecule has 21 heteroatoms. The van der Waals surface area contributed by atoms with Crippen molar-refractivity contribution in [2.45, 2.75) is 98.9 Å². The molecule has 10 aromatic carbocycles. The Kier molecular flexibility index (Phi) is 14.0. The highest BCUT2D eigenvalue weighted by Gasteiger charge is 2.58. The van der Waals surface area contributed by atoms with Crippen LogP contribution in [0, 0.1) is 6.92 Å². The molecular formula is C98H79B5N11O5+5. The van der Waals surface area contributed by atoms with E-state index in [-0.39, 0.29) is 35.4 Å². The van der Waals surface area contributed by atoms with Gasteiger partial charge in [0.25, 0.3) is 5.82 Å². The van der Waals surface area contributed by atoms with Gasteiger partial charge in [0.15, 0.2) is 51.0 Å². The van der Waals surface area contributed by atoms with Gasteiger partial charge in [-0.05, 0) is 157 Å². The van der Waals surface area contributed by atoms with Crippen LogP contribution in [0.2, 0.25) is 0 Å². The fourth-order valence-corrected chi connectivity index (χ4v) is 21.7. The number of hydrogen-bond acceptors (Lipinski definition) is 10. The summed E-state index contributed by atoms with van der Waals surface area (Å²) in [6, 6.07) is 84.6. The number of rotatable bonds is 3. The molecule has 0 unspecified atom stereocenters. The summed E-state index contributed by atoms with van der Waals surface area (Å²) in [7, 11) is -0.381. The second kappa shape index (κ2) is 24.7. The maximum atomic E-state index is 6.42. The minimum atomic E-state index is -0.112. The number of imidazole rings is 1. The Morgan fingerprint density at radius 3 is 1.26 bits per heavy atom. The predicted octanol–water partition coefficient (Wildman–Crippen LogP) is 14.8. The van der Waals surface area contributed by atoms with Gasteiger partial charge in [-0.1, -0.05) is 145 Å². The molecule has 5 aromatic heterocycles. The molecular weight excluding hydrogens is 1470 g/mol. The number of aryl methyl sites for hydroxylation is 1. The van der Waals surface area contributed by atoms with E-state index in [1.165, 1.54) is 174 Å². The van der Waals surface area contributed by atoms with Crippen molar-refractivity contribution < 1.29 is 46.0 Å². The molecule has 0 saturated heterocycles. The fourth-order valence-electron chi connectivity index (χ4n) is 21.7. The molecule has 30 rings (SSSR count). The maximum Gasteiger partial charge on any atom is 0.754 e. The van der Waals surface area contributed by atoms with Crippen molar-refractivity contribution in [1.29, 1.82) is 0 Å². The van der Waals surface area contributed by atoms with Gasteiger partial charge in [0.1, 0.15) is 47.7 Å². The zero-order valence-electron chi connectivity index (χ0n) is 67.1. The summed E-state index contributed by atoms with van der Waals surface area (Å²) in [5.74, 6) is 7.61. The summed E-state index contributed by atoms with van der Waals surface area (Å²) < 4.78 is 45.8. The van der Waals surface area contributed by atoms with E-state index >= 15 is 0 Å². The molecule has 15 aliphatic rings.